The minimum atomic E-state index is -4.57. The predicted molar refractivity (Wildman–Crippen MR) is 118 cm³/mol. The van der Waals surface area contributed by atoms with E-state index in [0.29, 0.717) is 48.0 Å². The Kier molecular flexibility index (Phi) is 5.78. The summed E-state index contributed by atoms with van der Waals surface area (Å²) in [5.41, 5.74) is 0.605. The van der Waals surface area contributed by atoms with Gasteiger partial charge in [0, 0.05) is 26.2 Å². The van der Waals surface area contributed by atoms with Gasteiger partial charge in [-0.2, -0.15) is 23.1 Å². The highest BCUT2D eigenvalue weighted by Crippen LogP contribution is 2.35. The lowest BCUT2D eigenvalue weighted by molar-refractivity contribution is -0.147. The van der Waals surface area contributed by atoms with E-state index < -0.39 is 23.9 Å². The number of fused-ring (bicyclic) bond motifs is 2. The van der Waals surface area contributed by atoms with Gasteiger partial charge >= 0.3 is 12.1 Å². The molecule has 182 valence electrons. The third kappa shape index (κ3) is 4.14. The fraction of sp³-hybridized carbons (Fsp3) is 0.600. The molecule has 0 amide bonds. The summed E-state index contributed by atoms with van der Waals surface area (Å²) in [6.45, 7) is 3.45. The number of hydrogen-bond acceptors (Lipinski definition) is 9. The molecule has 34 heavy (non-hydrogen) atoms. The largest absolute Gasteiger partial charge is 0.481 e. The maximum atomic E-state index is 13.2. The van der Waals surface area contributed by atoms with Crippen LogP contribution < -0.4 is 9.80 Å². The summed E-state index contributed by atoms with van der Waals surface area (Å²) in [6.07, 6.45) is -1.56. The van der Waals surface area contributed by atoms with Gasteiger partial charge in [-0.15, -0.1) is 10.2 Å². The molecule has 2 aliphatic rings. The van der Waals surface area contributed by atoms with Crippen molar-refractivity contribution >= 4 is 39.4 Å². The molecule has 14 heteroatoms. The lowest BCUT2D eigenvalue weighted by atomic mass is 9.99. The average Bonchev–Trinajstić information content (AvgIpc) is 3.41. The third-order valence-electron chi connectivity index (χ3n) is 6.10. The van der Waals surface area contributed by atoms with Crippen LogP contribution in [0, 0.1) is 5.92 Å². The number of thiazole rings is 1. The van der Waals surface area contributed by atoms with Crippen LogP contribution in [0.5, 0.6) is 0 Å². The van der Waals surface area contributed by atoms with Gasteiger partial charge in [-0.1, -0.05) is 18.3 Å². The van der Waals surface area contributed by atoms with E-state index in [9.17, 15) is 23.1 Å². The lowest BCUT2D eigenvalue weighted by Crippen LogP contribution is -2.40. The van der Waals surface area contributed by atoms with E-state index in [1.807, 2.05) is 9.80 Å². The topological polar surface area (TPSA) is 113 Å². The maximum absolute atomic E-state index is 13.2. The molecule has 1 saturated heterocycles. The molecule has 2 aliphatic heterocycles. The Morgan fingerprint density at radius 3 is 2.71 bits per heavy atom. The second-order valence-corrected chi connectivity index (χ2v) is 9.55. The zero-order chi connectivity index (χ0) is 24.0. The van der Waals surface area contributed by atoms with E-state index in [1.54, 1.807) is 0 Å². The van der Waals surface area contributed by atoms with Gasteiger partial charge in [0.05, 0.1) is 17.5 Å². The zero-order valence-electron chi connectivity index (χ0n) is 18.4. The molecule has 0 unspecified atom stereocenters. The first-order chi connectivity index (χ1) is 16.2. The molecular formula is C20H23F3N8O2S. The van der Waals surface area contributed by atoms with Crippen molar-refractivity contribution in [3.05, 3.63) is 16.7 Å². The number of aliphatic carboxylic acids is 1. The first kappa shape index (κ1) is 22.7. The van der Waals surface area contributed by atoms with Crippen LogP contribution in [0.4, 0.5) is 24.9 Å². The maximum Gasteiger partial charge on any atom is 0.451 e. The second-order valence-electron chi connectivity index (χ2n) is 8.49. The van der Waals surface area contributed by atoms with Crippen molar-refractivity contribution in [2.24, 2.45) is 5.92 Å². The summed E-state index contributed by atoms with van der Waals surface area (Å²) in [6, 6.07) is 0. The Morgan fingerprint density at radius 2 is 1.97 bits per heavy atom. The quantitative estimate of drug-likeness (QED) is 0.570. The molecule has 0 aliphatic carbocycles. The van der Waals surface area contributed by atoms with Crippen molar-refractivity contribution in [3.8, 4) is 0 Å². The van der Waals surface area contributed by atoms with E-state index in [-0.39, 0.29) is 25.5 Å². The van der Waals surface area contributed by atoms with Crippen molar-refractivity contribution in [2.75, 3.05) is 29.4 Å². The first-order valence-corrected chi connectivity index (χ1v) is 12.0. The number of aryl methyl sites for hydroxylation is 1. The first-order valence-electron chi connectivity index (χ1n) is 11.1. The van der Waals surface area contributed by atoms with Crippen LogP contribution in [0.2, 0.25) is 0 Å². The number of alkyl halides is 3. The van der Waals surface area contributed by atoms with Gasteiger partial charge in [-0.05, 0) is 25.7 Å². The van der Waals surface area contributed by atoms with E-state index in [4.69, 9.17) is 15.0 Å². The highest BCUT2D eigenvalue weighted by molar-refractivity contribution is 7.18. The summed E-state index contributed by atoms with van der Waals surface area (Å²) < 4.78 is 40.8. The van der Waals surface area contributed by atoms with Crippen molar-refractivity contribution in [2.45, 2.75) is 51.9 Å². The van der Waals surface area contributed by atoms with E-state index >= 15 is 0 Å². The number of piperidine rings is 1. The van der Waals surface area contributed by atoms with Gasteiger partial charge in [-0.3, -0.25) is 4.79 Å². The predicted octanol–water partition coefficient (Wildman–Crippen LogP) is 2.97. The van der Waals surface area contributed by atoms with Crippen LogP contribution in [-0.2, 0) is 30.5 Å². The normalized spacial score (nSPS) is 19.0. The van der Waals surface area contributed by atoms with E-state index in [0.717, 1.165) is 22.4 Å². The number of rotatable bonds is 5. The summed E-state index contributed by atoms with van der Waals surface area (Å²) >= 11 is 1.46. The molecule has 5 rings (SSSR count). The van der Waals surface area contributed by atoms with E-state index in [2.05, 4.69) is 17.1 Å². The van der Waals surface area contributed by atoms with Crippen LogP contribution >= 0.6 is 11.3 Å². The number of hydrogen-bond donors (Lipinski definition) is 1. The highest BCUT2D eigenvalue weighted by Gasteiger charge is 2.40. The SMILES string of the molecule is CCCc1nc2c(N3CCn4c(nnc4C(F)(F)F)C3)nc(N3CCC[C@H](C(=O)O)C3)nc2s1. The highest BCUT2D eigenvalue weighted by atomic mass is 32.1. The summed E-state index contributed by atoms with van der Waals surface area (Å²) in [7, 11) is 0. The minimum absolute atomic E-state index is 0.0642. The number of aromatic nitrogens is 6. The van der Waals surface area contributed by atoms with Gasteiger partial charge in [0.1, 0.15) is 5.52 Å². The molecule has 1 N–H and O–H groups in total. The van der Waals surface area contributed by atoms with Crippen LogP contribution in [-0.4, -0.2) is 60.4 Å². The lowest BCUT2D eigenvalue weighted by Gasteiger charge is -2.32. The zero-order valence-corrected chi connectivity index (χ0v) is 19.2. The number of carbonyl (C=O) groups is 1. The smallest absolute Gasteiger partial charge is 0.451 e. The van der Waals surface area contributed by atoms with Crippen molar-refractivity contribution < 1.29 is 23.1 Å². The Bertz CT molecular complexity index is 1230. The van der Waals surface area contributed by atoms with Gasteiger partial charge < -0.3 is 19.5 Å². The van der Waals surface area contributed by atoms with Crippen molar-refractivity contribution in [3.63, 3.8) is 0 Å². The number of anilines is 2. The minimum Gasteiger partial charge on any atom is -0.481 e. The number of carboxylic acids is 1. The fourth-order valence-electron chi connectivity index (χ4n) is 4.43. The van der Waals surface area contributed by atoms with Crippen LogP contribution in [0.1, 0.15) is 42.8 Å². The molecule has 0 bridgehead atoms. The second kappa shape index (κ2) is 8.64. The Hall–Kier alpha value is -3.03. The molecule has 0 saturated carbocycles. The van der Waals surface area contributed by atoms with Gasteiger partial charge in [0.25, 0.3) is 0 Å². The standard InChI is InChI=1S/C20H23F3N8O2S/c1-2-4-13-24-14-15(29-7-8-31-12(10-29)27-28-18(31)20(21,22)23)25-19(26-16(14)34-13)30-6-3-5-11(9-30)17(32)33/h11H,2-10H2,1H3,(H,32,33)/t11-/m0/s1. The fourth-order valence-corrected chi connectivity index (χ4v) is 5.46. The monoisotopic (exact) mass is 496 g/mol. The molecule has 5 heterocycles. The summed E-state index contributed by atoms with van der Waals surface area (Å²) in [5, 5.41) is 17.5. The number of carboxylic acid groups (broad SMARTS) is 1. The molecule has 1 fully saturated rings. The molecule has 3 aromatic heterocycles. The van der Waals surface area contributed by atoms with Gasteiger partial charge in [-0.25, -0.2) is 4.98 Å². The molecular weight excluding hydrogens is 473 g/mol. The Balaban J connectivity index is 1.53. The van der Waals surface area contributed by atoms with Crippen LogP contribution in [0.15, 0.2) is 0 Å². The number of halogens is 3. The van der Waals surface area contributed by atoms with Crippen LogP contribution in [0.25, 0.3) is 10.3 Å². The average molecular weight is 497 g/mol. The van der Waals surface area contributed by atoms with Crippen molar-refractivity contribution in [1.29, 1.82) is 0 Å². The van der Waals surface area contributed by atoms with E-state index in [1.165, 1.54) is 11.3 Å². The third-order valence-corrected chi connectivity index (χ3v) is 7.11. The van der Waals surface area contributed by atoms with Gasteiger partial charge in [0.15, 0.2) is 16.5 Å². The van der Waals surface area contributed by atoms with Gasteiger partial charge in [0.2, 0.25) is 11.8 Å². The number of nitrogens with zero attached hydrogens (tertiary/aromatic N) is 8. The molecule has 0 spiro atoms. The van der Waals surface area contributed by atoms with Crippen molar-refractivity contribution in [1.82, 2.24) is 29.7 Å². The molecule has 10 nitrogen and oxygen atoms in total. The molecule has 1 atom stereocenters. The summed E-state index contributed by atoms with van der Waals surface area (Å²) in [5.74, 6) is -1.18. The summed E-state index contributed by atoms with van der Waals surface area (Å²) in [4.78, 5) is 30.1. The van der Waals surface area contributed by atoms with Crippen LogP contribution in [0.3, 0.4) is 0 Å². The Morgan fingerprint density at radius 1 is 1.15 bits per heavy atom. The molecule has 0 radical (unpaired) electrons. The Labute approximate surface area is 196 Å². The molecule has 3 aromatic rings. The molecule has 0 aromatic carbocycles.